The molecule has 6 aliphatic rings. The van der Waals surface area contributed by atoms with Crippen LogP contribution >= 0.6 is 0 Å². The third kappa shape index (κ3) is 15.3. The van der Waals surface area contributed by atoms with Crippen LogP contribution in [0.2, 0.25) is 18.1 Å². The van der Waals surface area contributed by atoms with Crippen molar-refractivity contribution in [1.29, 1.82) is 0 Å². The quantitative estimate of drug-likeness (QED) is 0.0186. The number of nitrogens with zero attached hydrogens (tertiary/aromatic N) is 8. The molecule has 14 rings (SSSR count). The zero-order valence-electron chi connectivity index (χ0n) is 60.9. The molecule has 8 aromatic rings. The largest absolute Gasteiger partial charge is 0.478 e. The van der Waals surface area contributed by atoms with Crippen LogP contribution in [0.4, 0.5) is 0 Å². The molecule has 3 aliphatic heterocycles. The number of hydrogen-bond donors (Lipinski definition) is 5. The van der Waals surface area contributed by atoms with Gasteiger partial charge in [-0.3, -0.25) is 14.4 Å². The number of rotatable bonds is 17. The number of aromatic nitrogens is 4. The Kier molecular flexibility index (Phi) is 22.1. The summed E-state index contributed by atoms with van der Waals surface area (Å²) in [5.74, 6) is 3.32. The molecule has 3 spiro atoms. The number of aliphatic hydroxyl groups is 2. The normalized spacial score (nSPS) is 19.8. The number of carboxylic acid groups (broad SMARTS) is 1. The van der Waals surface area contributed by atoms with Crippen LogP contribution < -0.4 is 5.73 Å². The van der Waals surface area contributed by atoms with Crippen LogP contribution in [-0.2, 0) is 54.3 Å². The molecule has 0 saturated carbocycles. The molecule has 2 aromatic heterocycles. The number of amides is 3. The number of likely N-dealkylation sites (tertiary alicyclic amines) is 3. The number of benzene rings is 6. The van der Waals surface area contributed by atoms with Gasteiger partial charge in [0.15, 0.2) is 14.2 Å². The maximum atomic E-state index is 12.8. The average molecular weight is 1400 g/mol. The van der Waals surface area contributed by atoms with Crippen LogP contribution in [0.25, 0.3) is 45.7 Å². The fourth-order valence-electron chi connectivity index (χ4n) is 15.5. The Morgan fingerprint density at radius 3 is 1.31 bits per heavy atom. The SMILES string of the molecule is CC(C)(C)[Si](C)(C)OCCN1CC2(CCc3c(C(N)=NO)cccc32)CC1=O.CC(C)c1ccc(-c2nc(-c3cccc4c3CCC43CC(=O)N(CCO)C3)no2)cc1.CC(C)c1ccc(-c2nc(-c3cccc4c3CCC43CC(=O)N(CCO)C3)no2)cc1.CC(C)c1ccc(C(=O)O)cc1. The lowest BCUT2D eigenvalue weighted by molar-refractivity contribution is -0.128. The van der Waals surface area contributed by atoms with Crippen molar-refractivity contribution in [2.45, 2.75) is 172 Å². The Balaban J connectivity index is 0.000000142. The second-order valence-electron chi connectivity index (χ2n) is 30.8. The van der Waals surface area contributed by atoms with Gasteiger partial charge in [-0.05, 0) is 161 Å². The molecule has 3 amide bonds. The van der Waals surface area contributed by atoms with E-state index in [-0.39, 0.29) is 58.1 Å². The number of β-amino-alcohol motifs (C(OH)–C–C–N with tert-alkyl or cyclic N) is 2. The summed E-state index contributed by atoms with van der Waals surface area (Å²) in [7, 11) is -1.81. The number of carboxylic acids is 1. The first kappa shape index (κ1) is 74.0. The number of carbonyl (C=O) groups excluding carboxylic acids is 3. The zero-order chi connectivity index (χ0) is 73.1. The van der Waals surface area contributed by atoms with E-state index >= 15 is 0 Å². The minimum Gasteiger partial charge on any atom is -0.478 e. The lowest BCUT2D eigenvalue weighted by atomic mass is 9.80. The summed E-state index contributed by atoms with van der Waals surface area (Å²) < 4.78 is 17.5. The fraction of sp³-hybridized carbons (Fsp3) is 0.444. The summed E-state index contributed by atoms with van der Waals surface area (Å²) >= 11 is 0. The van der Waals surface area contributed by atoms with E-state index in [0.717, 1.165) is 78.5 Å². The average Bonchev–Trinajstić information content (AvgIpc) is 1.60. The molecular formula is C81H99N9O11Si. The van der Waals surface area contributed by atoms with Crippen molar-refractivity contribution < 1.29 is 53.2 Å². The molecule has 3 saturated heterocycles. The Morgan fingerprint density at radius 1 is 0.569 bits per heavy atom. The van der Waals surface area contributed by atoms with E-state index in [1.54, 1.807) is 21.9 Å². The van der Waals surface area contributed by atoms with Gasteiger partial charge in [0.05, 0.1) is 25.4 Å². The van der Waals surface area contributed by atoms with Gasteiger partial charge in [-0.25, -0.2) is 4.79 Å². The first-order valence-corrected chi connectivity index (χ1v) is 38.8. The van der Waals surface area contributed by atoms with Crippen LogP contribution in [0.5, 0.6) is 0 Å². The number of aromatic carboxylic acids is 1. The maximum Gasteiger partial charge on any atom is 0.335 e. The van der Waals surface area contributed by atoms with E-state index in [2.05, 4.69) is 143 Å². The fourth-order valence-corrected chi connectivity index (χ4v) is 16.5. The van der Waals surface area contributed by atoms with E-state index in [1.807, 2.05) is 77.7 Å². The topological polar surface area (TPSA) is 284 Å². The Hall–Kier alpha value is -9.15. The van der Waals surface area contributed by atoms with Gasteiger partial charge >= 0.3 is 5.97 Å². The molecule has 6 N–H and O–H groups in total. The van der Waals surface area contributed by atoms with Gasteiger partial charge in [0, 0.05) is 103 Å². The second-order valence-corrected chi connectivity index (χ2v) is 35.6. The number of amidine groups is 1. The smallest absolute Gasteiger partial charge is 0.335 e. The highest BCUT2D eigenvalue weighted by Crippen LogP contribution is 2.51. The van der Waals surface area contributed by atoms with E-state index in [1.165, 1.54) is 44.5 Å². The van der Waals surface area contributed by atoms with Gasteiger partial charge in [-0.2, -0.15) is 9.97 Å². The molecule has 21 heteroatoms. The number of carbonyl (C=O) groups is 4. The van der Waals surface area contributed by atoms with Gasteiger partial charge < -0.3 is 54.4 Å². The molecule has 3 atom stereocenters. The first-order valence-electron chi connectivity index (χ1n) is 35.9. The van der Waals surface area contributed by atoms with Gasteiger partial charge in [-0.1, -0.05) is 169 Å². The van der Waals surface area contributed by atoms with Crippen LogP contribution in [0, 0.1) is 0 Å². The Labute approximate surface area is 599 Å². The summed E-state index contributed by atoms with van der Waals surface area (Å²) in [5.41, 5.74) is 21.1. The number of hydrogen-bond acceptors (Lipinski definition) is 15. The van der Waals surface area contributed by atoms with Crippen LogP contribution in [0.3, 0.4) is 0 Å². The lowest BCUT2D eigenvalue weighted by Gasteiger charge is -2.36. The first-order chi connectivity index (χ1) is 48.6. The number of nitrogens with two attached hydrogens (primary N) is 1. The van der Waals surface area contributed by atoms with Crippen molar-refractivity contribution in [3.8, 4) is 45.7 Å². The van der Waals surface area contributed by atoms with E-state index in [9.17, 15) is 29.4 Å². The summed E-state index contributed by atoms with van der Waals surface area (Å²) in [6, 6.07) is 41.8. The summed E-state index contributed by atoms with van der Waals surface area (Å²) in [5, 5.41) is 48.1. The van der Waals surface area contributed by atoms with Crippen molar-refractivity contribution in [3.63, 3.8) is 0 Å². The number of fused-ring (bicyclic) bond motifs is 6. The van der Waals surface area contributed by atoms with Crippen molar-refractivity contribution in [1.82, 2.24) is 35.0 Å². The molecule has 102 heavy (non-hydrogen) atoms. The van der Waals surface area contributed by atoms with Crippen LogP contribution in [-0.4, -0.2) is 152 Å². The third-order valence-corrected chi connectivity index (χ3v) is 26.9. The molecular weight excluding hydrogens is 1300 g/mol. The molecule has 3 aliphatic carbocycles. The van der Waals surface area contributed by atoms with Gasteiger partial charge in [0.1, 0.15) is 0 Å². The molecule has 20 nitrogen and oxygen atoms in total. The highest BCUT2D eigenvalue weighted by atomic mass is 28.4. The second kappa shape index (κ2) is 30.4. The van der Waals surface area contributed by atoms with Crippen molar-refractivity contribution in [2.75, 3.05) is 59.1 Å². The molecule has 0 radical (unpaired) electrons. The minimum atomic E-state index is -1.81. The number of aliphatic hydroxyl groups excluding tert-OH is 2. The predicted molar refractivity (Wildman–Crippen MR) is 396 cm³/mol. The third-order valence-electron chi connectivity index (χ3n) is 22.4. The van der Waals surface area contributed by atoms with Crippen molar-refractivity contribution in [2.24, 2.45) is 10.9 Å². The molecule has 3 fully saturated rings. The number of oxime groups is 1. The summed E-state index contributed by atoms with van der Waals surface area (Å²) in [4.78, 5) is 63.1. The maximum absolute atomic E-state index is 12.8. The van der Waals surface area contributed by atoms with E-state index < -0.39 is 14.3 Å². The highest BCUT2D eigenvalue weighted by molar-refractivity contribution is 6.74. The molecule has 3 unspecified atom stereocenters. The Bertz CT molecular complexity index is 4190. The Morgan fingerprint density at radius 2 is 0.941 bits per heavy atom. The lowest BCUT2D eigenvalue weighted by Crippen LogP contribution is -2.43. The zero-order valence-corrected chi connectivity index (χ0v) is 61.9. The molecule has 5 heterocycles. The summed E-state index contributed by atoms with van der Waals surface area (Å²) in [6.07, 6.45) is 6.93. The highest BCUT2D eigenvalue weighted by Gasteiger charge is 2.51. The standard InChI is InChI=1S/2C25H27N3O3.C21H33N3O3Si.C10H12O2/c2*1-16(2)17-6-8-18(9-7-17)24-26-23(27-31-24)20-4-3-5-21-19(20)10-11-25(21)14-22(30)28(15-25)12-13-29;1-20(2,3)28(4,5)27-12-11-24-14-21(13-18(24)25)10-9-15-16(19(22)23-26)7-6-8-17(15)21;1-7(2)8-3-5-9(6-4-8)10(11)12/h2*3-9,16,29H,10-15H2,1-2H3;6-8,26H,9-14H2,1-5H3,(H2,22,23);3-7H,1-2H3,(H,11,12). The van der Waals surface area contributed by atoms with Gasteiger partial charge in [0.2, 0.25) is 29.4 Å². The minimum absolute atomic E-state index is 0.00149. The van der Waals surface area contributed by atoms with Crippen molar-refractivity contribution >= 4 is 37.8 Å². The molecule has 538 valence electrons. The molecule has 6 aromatic carbocycles. The van der Waals surface area contributed by atoms with E-state index in [4.69, 9.17) is 29.5 Å². The van der Waals surface area contributed by atoms with E-state index in [0.29, 0.717) is 105 Å². The van der Waals surface area contributed by atoms with Gasteiger partial charge in [-0.15, -0.1) is 0 Å². The summed E-state index contributed by atoms with van der Waals surface area (Å²) in [6.45, 7) is 28.1. The van der Waals surface area contributed by atoms with Crippen LogP contribution in [0.15, 0.2) is 142 Å². The molecule has 0 bridgehead atoms. The van der Waals surface area contributed by atoms with Crippen LogP contribution in [0.1, 0.15) is 185 Å². The predicted octanol–water partition coefficient (Wildman–Crippen LogP) is 13.6. The van der Waals surface area contributed by atoms with Gasteiger partial charge in [0.25, 0.3) is 11.8 Å². The van der Waals surface area contributed by atoms with Crippen molar-refractivity contribution in [3.05, 3.63) is 189 Å². The monoisotopic (exact) mass is 1400 g/mol.